The lowest BCUT2D eigenvalue weighted by Gasteiger charge is -2.15. The Balaban J connectivity index is 1.44. The Morgan fingerprint density at radius 2 is 1.91 bits per heavy atom. The Bertz CT molecular complexity index is 1300. The molecule has 0 bridgehead atoms. The third-order valence-electron chi connectivity index (χ3n) is 5.27. The summed E-state index contributed by atoms with van der Waals surface area (Å²) < 4.78 is 2.21. The van der Waals surface area contributed by atoms with Crippen molar-refractivity contribution >= 4 is 50.8 Å². The highest BCUT2D eigenvalue weighted by molar-refractivity contribution is 7.99. The average molecular weight is 498 g/mol. The zero-order valence-electron chi connectivity index (χ0n) is 18.2. The monoisotopic (exact) mass is 497 g/mol. The maximum atomic E-state index is 13.1. The predicted molar refractivity (Wildman–Crippen MR) is 138 cm³/mol. The first-order valence-corrected chi connectivity index (χ1v) is 12.9. The van der Waals surface area contributed by atoms with Gasteiger partial charge in [0.1, 0.15) is 4.70 Å². The first-order valence-electron chi connectivity index (χ1n) is 10.7. The minimum Gasteiger partial charge on any atom is -0.353 e. The number of nitrogens with one attached hydrogen (secondary N) is 1. The molecule has 5 nitrogen and oxygen atoms in total. The molecule has 4 rings (SSSR count). The van der Waals surface area contributed by atoms with Crippen LogP contribution >= 0.6 is 34.7 Å². The van der Waals surface area contributed by atoms with Gasteiger partial charge in [0.15, 0.2) is 5.16 Å². The SMILES string of the molecule is CC(CCc1ccccc1)NC(=O)CSc1nc2ccsc2c(=O)n1Cc1ccccc1Cl. The van der Waals surface area contributed by atoms with E-state index < -0.39 is 0 Å². The highest BCUT2D eigenvalue weighted by Crippen LogP contribution is 2.23. The van der Waals surface area contributed by atoms with Crippen LogP contribution in [0.25, 0.3) is 10.2 Å². The van der Waals surface area contributed by atoms with Gasteiger partial charge in [0.05, 0.1) is 17.8 Å². The summed E-state index contributed by atoms with van der Waals surface area (Å²) in [5.74, 6) is 0.102. The zero-order chi connectivity index (χ0) is 23.2. The van der Waals surface area contributed by atoms with Gasteiger partial charge in [-0.2, -0.15) is 0 Å². The number of hydrogen-bond donors (Lipinski definition) is 1. The Kier molecular flexibility index (Phi) is 7.85. The van der Waals surface area contributed by atoms with Crippen LogP contribution in [0.2, 0.25) is 5.02 Å². The maximum Gasteiger partial charge on any atom is 0.272 e. The minimum atomic E-state index is -0.117. The molecule has 33 heavy (non-hydrogen) atoms. The van der Waals surface area contributed by atoms with Crippen molar-refractivity contribution < 1.29 is 4.79 Å². The second-order valence-electron chi connectivity index (χ2n) is 7.79. The van der Waals surface area contributed by atoms with E-state index in [1.54, 1.807) is 10.6 Å². The number of thioether (sulfide) groups is 1. The number of fused-ring (bicyclic) bond motifs is 1. The van der Waals surface area contributed by atoms with Crippen molar-refractivity contribution in [1.29, 1.82) is 0 Å². The van der Waals surface area contributed by atoms with Crippen LogP contribution in [-0.2, 0) is 17.8 Å². The van der Waals surface area contributed by atoms with Crippen molar-refractivity contribution in [2.45, 2.75) is 37.5 Å². The molecule has 2 heterocycles. The van der Waals surface area contributed by atoms with Crippen molar-refractivity contribution in [2.24, 2.45) is 0 Å². The van der Waals surface area contributed by atoms with E-state index in [2.05, 4.69) is 22.4 Å². The third kappa shape index (κ3) is 6.05. The lowest BCUT2D eigenvalue weighted by Crippen LogP contribution is -2.34. The largest absolute Gasteiger partial charge is 0.353 e. The number of benzene rings is 2. The summed E-state index contributed by atoms with van der Waals surface area (Å²) in [6.07, 6.45) is 1.76. The van der Waals surface area contributed by atoms with Gasteiger partial charge in [-0.05, 0) is 48.4 Å². The number of thiophene rings is 1. The van der Waals surface area contributed by atoms with Crippen molar-refractivity contribution in [3.8, 4) is 0 Å². The molecule has 8 heteroatoms. The maximum absolute atomic E-state index is 13.1. The molecule has 0 aliphatic carbocycles. The van der Waals surface area contributed by atoms with Gasteiger partial charge in [0, 0.05) is 11.1 Å². The normalized spacial score (nSPS) is 12.1. The molecule has 0 aliphatic rings. The van der Waals surface area contributed by atoms with Gasteiger partial charge in [-0.1, -0.05) is 71.9 Å². The third-order valence-corrected chi connectivity index (χ3v) is 7.50. The van der Waals surface area contributed by atoms with E-state index in [0.717, 1.165) is 18.4 Å². The van der Waals surface area contributed by atoms with E-state index in [1.165, 1.54) is 28.7 Å². The number of nitrogens with zero attached hydrogens (tertiary/aromatic N) is 2. The molecule has 1 unspecified atom stereocenters. The molecule has 2 aromatic carbocycles. The summed E-state index contributed by atoms with van der Waals surface area (Å²) in [5.41, 5.74) is 2.62. The molecule has 0 saturated heterocycles. The summed E-state index contributed by atoms with van der Waals surface area (Å²) in [7, 11) is 0. The van der Waals surface area contributed by atoms with E-state index >= 15 is 0 Å². The summed E-state index contributed by atoms with van der Waals surface area (Å²) in [6.45, 7) is 2.31. The van der Waals surface area contributed by atoms with E-state index in [-0.39, 0.29) is 23.3 Å². The molecular formula is C25H24ClN3O2S2. The molecule has 0 spiro atoms. The molecule has 0 radical (unpaired) electrons. The van der Waals surface area contributed by atoms with Gasteiger partial charge >= 0.3 is 0 Å². The standard InChI is InChI=1S/C25H24ClN3O2S2/c1-17(11-12-18-7-3-2-4-8-18)27-22(30)16-33-25-28-21-13-14-32-23(21)24(31)29(25)15-19-9-5-6-10-20(19)26/h2-10,13-14,17H,11-12,15-16H2,1H3,(H,27,30). The lowest BCUT2D eigenvalue weighted by molar-refractivity contribution is -0.119. The van der Waals surface area contributed by atoms with Crippen LogP contribution in [-0.4, -0.2) is 27.3 Å². The zero-order valence-corrected chi connectivity index (χ0v) is 20.6. The van der Waals surface area contributed by atoms with Crippen LogP contribution in [0.4, 0.5) is 0 Å². The van der Waals surface area contributed by atoms with Gasteiger partial charge in [-0.25, -0.2) is 4.98 Å². The molecule has 1 N–H and O–H groups in total. The van der Waals surface area contributed by atoms with Gasteiger partial charge in [-0.3, -0.25) is 14.2 Å². The van der Waals surface area contributed by atoms with Gasteiger partial charge < -0.3 is 5.32 Å². The number of rotatable bonds is 9. The summed E-state index contributed by atoms with van der Waals surface area (Å²) >= 11 is 8.97. The molecule has 1 atom stereocenters. The molecule has 0 aliphatic heterocycles. The van der Waals surface area contributed by atoms with Gasteiger partial charge in [-0.15, -0.1) is 11.3 Å². The Morgan fingerprint density at radius 3 is 2.70 bits per heavy atom. The number of hydrogen-bond acceptors (Lipinski definition) is 5. The highest BCUT2D eigenvalue weighted by Gasteiger charge is 2.16. The van der Waals surface area contributed by atoms with E-state index in [1.807, 2.05) is 54.8 Å². The van der Waals surface area contributed by atoms with E-state index in [9.17, 15) is 9.59 Å². The summed E-state index contributed by atoms with van der Waals surface area (Å²) in [6, 6.07) is 19.5. The summed E-state index contributed by atoms with van der Waals surface area (Å²) in [4.78, 5) is 30.4. The summed E-state index contributed by atoms with van der Waals surface area (Å²) in [5, 5.41) is 6.01. The fourth-order valence-corrected chi connectivity index (χ4v) is 5.30. The highest BCUT2D eigenvalue weighted by atomic mass is 35.5. The minimum absolute atomic E-state index is 0.0518. The van der Waals surface area contributed by atoms with Crippen LogP contribution in [0.5, 0.6) is 0 Å². The van der Waals surface area contributed by atoms with Crippen LogP contribution in [0, 0.1) is 0 Å². The lowest BCUT2D eigenvalue weighted by atomic mass is 10.1. The van der Waals surface area contributed by atoms with Crippen LogP contribution in [0.15, 0.2) is 76.0 Å². The predicted octanol–water partition coefficient (Wildman–Crippen LogP) is 5.39. The number of carbonyl (C=O) groups is 1. The van der Waals surface area contributed by atoms with Crippen LogP contribution in [0.3, 0.4) is 0 Å². The second-order valence-corrected chi connectivity index (χ2v) is 10.1. The van der Waals surface area contributed by atoms with Crippen LogP contribution < -0.4 is 10.9 Å². The van der Waals surface area contributed by atoms with Crippen molar-refractivity contribution in [1.82, 2.24) is 14.9 Å². The smallest absolute Gasteiger partial charge is 0.272 e. The molecule has 0 saturated carbocycles. The number of amides is 1. The van der Waals surface area contributed by atoms with E-state index in [4.69, 9.17) is 11.6 Å². The van der Waals surface area contributed by atoms with Crippen molar-refractivity contribution in [2.75, 3.05) is 5.75 Å². The first-order chi connectivity index (χ1) is 16.0. The molecule has 4 aromatic rings. The van der Waals surface area contributed by atoms with Gasteiger partial charge in [0.2, 0.25) is 5.91 Å². The Labute approximate surface area is 205 Å². The number of halogens is 1. The quantitative estimate of drug-likeness (QED) is 0.249. The number of aromatic nitrogens is 2. The molecule has 1 amide bonds. The fourth-order valence-electron chi connectivity index (χ4n) is 3.52. The van der Waals surface area contributed by atoms with Crippen molar-refractivity contribution in [3.05, 3.63) is 92.5 Å². The molecular weight excluding hydrogens is 474 g/mol. The van der Waals surface area contributed by atoms with Crippen molar-refractivity contribution in [3.63, 3.8) is 0 Å². The fraction of sp³-hybridized carbons (Fsp3) is 0.240. The molecule has 2 aromatic heterocycles. The topological polar surface area (TPSA) is 64.0 Å². The molecule has 170 valence electrons. The second kappa shape index (κ2) is 11.0. The van der Waals surface area contributed by atoms with E-state index in [0.29, 0.717) is 26.9 Å². The number of carbonyl (C=O) groups excluding carboxylic acids is 1. The van der Waals surface area contributed by atoms with Gasteiger partial charge in [0.25, 0.3) is 5.56 Å². The Hall–Kier alpha value is -2.61. The average Bonchev–Trinajstić information content (AvgIpc) is 3.29. The molecule has 0 fully saturated rings. The Morgan fingerprint density at radius 1 is 1.15 bits per heavy atom. The van der Waals surface area contributed by atoms with Crippen LogP contribution in [0.1, 0.15) is 24.5 Å². The number of aryl methyl sites for hydroxylation is 1. The first kappa shape index (κ1) is 23.5.